The molecule has 0 aromatic heterocycles. The summed E-state index contributed by atoms with van der Waals surface area (Å²) >= 11 is 0. The van der Waals surface area contributed by atoms with Gasteiger partial charge in [0.1, 0.15) is 5.41 Å². The van der Waals surface area contributed by atoms with E-state index < -0.39 is 5.41 Å². The van der Waals surface area contributed by atoms with Gasteiger partial charge in [-0.3, -0.25) is 4.79 Å². The predicted octanol–water partition coefficient (Wildman–Crippen LogP) is 0.130. The third kappa shape index (κ3) is 3.19. The van der Waals surface area contributed by atoms with E-state index in [0.717, 1.165) is 0 Å². The zero-order valence-electron chi connectivity index (χ0n) is 9.94. The Morgan fingerprint density at radius 2 is 1.69 bits per heavy atom. The van der Waals surface area contributed by atoms with Crippen LogP contribution in [0.4, 0.5) is 0 Å². The maximum absolute atomic E-state index is 12.1. The van der Waals surface area contributed by atoms with Crippen LogP contribution < -0.4 is 0 Å². The summed E-state index contributed by atoms with van der Waals surface area (Å²) in [5.74, 6) is -0.303. The topological polar surface area (TPSA) is 84.6 Å². The number of hydrogen-bond acceptors (Lipinski definition) is 4. The van der Waals surface area contributed by atoms with Crippen molar-refractivity contribution in [3.63, 3.8) is 0 Å². The summed E-state index contributed by atoms with van der Waals surface area (Å²) in [7, 11) is 0. The normalized spacial score (nSPS) is 10.9. The molecule has 0 atom stereocenters. The summed E-state index contributed by atoms with van der Waals surface area (Å²) in [5.41, 5.74) is -1.02. The molecular formula is C11H20N2O3. The molecule has 0 aliphatic heterocycles. The summed E-state index contributed by atoms with van der Waals surface area (Å²) in [6.45, 7) is 3.56. The van der Waals surface area contributed by atoms with Gasteiger partial charge in [0.15, 0.2) is 0 Å². The van der Waals surface area contributed by atoms with E-state index in [-0.39, 0.29) is 32.2 Å². The van der Waals surface area contributed by atoms with Gasteiger partial charge < -0.3 is 15.1 Å². The summed E-state index contributed by atoms with van der Waals surface area (Å²) in [6.07, 6.45) is 0.873. The average molecular weight is 228 g/mol. The molecule has 92 valence electrons. The zero-order valence-corrected chi connectivity index (χ0v) is 9.94. The third-order valence-electron chi connectivity index (χ3n) is 2.86. The van der Waals surface area contributed by atoms with Crippen molar-refractivity contribution < 1.29 is 15.0 Å². The smallest absolute Gasteiger partial charge is 0.243 e. The van der Waals surface area contributed by atoms with Crippen LogP contribution in [0.25, 0.3) is 0 Å². The van der Waals surface area contributed by atoms with E-state index in [2.05, 4.69) is 6.07 Å². The van der Waals surface area contributed by atoms with Crippen molar-refractivity contribution in [1.29, 1.82) is 5.26 Å². The lowest BCUT2D eigenvalue weighted by Crippen LogP contribution is -2.45. The van der Waals surface area contributed by atoms with Crippen LogP contribution >= 0.6 is 0 Å². The minimum Gasteiger partial charge on any atom is -0.395 e. The Bertz CT molecular complexity index is 250. The number of aliphatic hydroxyl groups is 2. The monoisotopic (exact) mass is 228 g/mol. The molecule has 0 aliphatic carbocycles. The van der Waals surface area contributed by atoms with Crippen molar-refractivity contribution in [1.82, 2.24) is 4.90 Å². The van der Waals surface area contributed by atoms with Gasteiger partial charge in [0.2, 0.25) is 5.91 Å². The van der Waals surface area contributed by atoms with Gasteiger partial charge in [-0.15, -0.1) is 0 Å². The Morgan fingerprint density at radius 1 is 1.25 bits per heavy atom. The molecule has 0 aromatic rings. The number of rotatable bonds is 7. The summed E-state index contributed by atoms with van der Waals surface area (Å²) in [4.78, 5) is 13.5. The van der Waals surface area contributed by atoms with Gasteiger partial charge in [0.05, 0.1) is 19.3 Å². The SMILES string of the molecule is CCC(C#N)(CC)C(=O)N(CCO)CCO. The first-order chi connectivity index (χ1) is 7.61. The van der Waals surface area contributed by atoms with Gasteiger partial charge in [0.25, 0.3) is 0 Å². The van der Waals surface area contributed by atoms with Crippen molar-refractivity contribution in [2.45, 2.75) is 26.7 Å². The van der Waals surface area contributed by atoms with Gasteiger partial charge in [-0.2, -0.15) is 5.26 Å². The van der Waals surface area contributed by atoms with Crippen molar-refractivity contribution in [2.24, 2.45) is 5.41 Å². The molecule has 0 heterocycles. The van der Waals surface area contributed by atoms with Gasteiger partial charge in [0, 0.05) is 13.1 Å². The molecule has 16 heavy (non-hydrogen) atoms. The first-order valence-corrected chi connectivity index (χ1v) is 5.54. The van der Waals surface area contributed by atoms with Crippen LogP contribution in [-0.2, 0) is 4.79 Å². The van der Waals surface area contributed by atoms with E-state index >= 15 is 0 Å². The molecule has 1 amide bonds. The Morgan fingerprint density at radius 3 is 1.94 bits per heavy atom. The fourth-order valence-electron chi connectivity index (χ4n) is 1.62. The molecule has 0 spiro atoms. The molecule has 0 aliphatic rings. The maximum Gasteiger partial charge on any atom is 0.243 e. The highest BCUT2D eigenvalue weighted by molar-refractivity contribution is 5.85. The Balaban J connectivity index is 4.88. The molecule has 0 bridgehead atoms. The van der Waals surface area contributed by atoms with Gasteiger partial charge in [-0.25, -0.2) is 0 Å². The summed E-state index contributed by atoms with van der Waals surface area (Å²) < 4.78 is 0. The molecule has 5 heteroatoms. The van der Waals surface area contributed by atoms with E-state index in [4.69, 9.17) is 15.5 Å². The quantitative estimate of drug-likeness (QED) is 0.648. The van der Waals surface area contributed by atoms with Gasteiger partial charge >= 0.3 is 0 Å². The van der Waals surface area contributed by atoms with E-state index in [1.807, 2.05) is 0 Å². The summed E-state index contributed by atoms with van der Waals surface area (Å²) in [5, 5.41) is 26.8. The molecule has 0 saturated carbocycles. The van der Waals surface area contributed by atoms with Crippen molar-refractivity contribution in [3.8, 4) is 6.07 Å². The van der Waals surface area contributed by atoms with E-state index in [1.165, 1.54) is 4.90 Å². The molecule has 0 rings (SSSR count). The number of aliphatic hydroxyl groups excluding tert-OH is 2. The highest BCUT2D eigenvalue weighted by atomic mass is 16.3. The number of carbonyl (C=O) groups excluding carboxylic acids is 1. The molecule has 0 saturated heterocycles. The Labute approximate surface area is 96.3 Å². The lowest BCUT2D eigenvalue weighted by Gasteiger charge is -2.30. The van der Waals surface area contributed by atoms with Crippen LogP contribution in [0.5, 0.6) is 0 Å². The second-order valence-corrected chi connectivity index (χ2v) is 3.64. The Hall–Kier alpha value is -1.12. The number of nitriles is 1. The second-order valence-electron chi connectivity index (χ2n) is 3.64. The van der Waals surface area contributed by atoms with Crippen LogP contribution in [0, 0.1) is 16.7 Å². The van der Waals surface area contributed by atoms with Crippen LogP contribution in [0.2, 0.25) is 0 Å². The van der Waals surface area contributed by atoms with E-state index in [1.54, 1.807) is 13.8 Å². The van der Waals surface area contributed by atoms with Gasteiger partial charge in [-0.1, -0.05) is 13.8 Å². The fraction of sp³-hybridized carbons (Fsp3) is 0.818. The minimum absolute atomic E-state index is 0.156. The number of carbonyl (C=O) groups is 1. The first kappa shape index (κ1) is 14.9. The minimum atomic E-state index is -1.02. The van der Waals surface area contributed by atoms with Crippen LogP contribution in [0.1, 0.15) is 26.7 Å². The molecular weight excluding hydrogens is 208 g/mol. The average Bonchev–Trinajstić information content (AvgIpc) is 2.31. The van der Waals surface area contributed by atoms with Crippen LogP contribution in [0.15, 0.2) is 0 Å². The van der Waals surface area contributed by atoms with E-state index in [9.17, 15) is 4.79 Å². The molecule has 0 aromatic carbocycles. The lowest BCUT2D eigenvalue weighted by molar-refractivity contribution is -0.140. The van der Waals surface area contributed by atoms with Crippen LogP contribution in [0.3, 0.4) is 0 Å². The third-order valence-corrected chi connectivity index (χ3v) is 2.86. The lowest BCUT2D eigenvalue weighted by atomic mass is 9.82. The number of nitrogens with zero attached hydrogens (tertiary/aromatic N) is 2. The fourth-order valence-corrected chi connectivity index (χ4v) is 1.62. The van der Waals surface area contributed by atoms with Crippen molar-refractivity contribution in [2.75, 3.05) is 26.3 Å². The number of amides is 1. The van der Waals surface area contributed by atoms with E-state index in [0.29, 0.717) is 12.8 Å². The van der Waals surface area contributed by atoms with Crippen LogP contribution in [-0.4, -0.2) is 47.3 Å². The zero-order chi connectivity index (χ0) is 12.6. The predicted molar refractivity (Wildman–Crippen MR) is 59.4 cm³/mol. The molecule has 0 radical (unpaired) electrons. The molecule has 2 N–H and O–H groups in total. The summed E-state index contributed by atoms with van der Waals surface area (Å²) in [6, 6.07) is 2.06. The molecule has 0 fully saturated rings. The second kappa shape index (κ2) is 7.20. The molecule has 5 nitrogen and oxygen atoms in total. The first-order valence-electron chi connectivity index (χ1n) is 5.54. The van der Waals surface area contributed by atoms with Crippen molar-refractivity contribution in [3.05, 3.63) is 0 Å². The highest BCUT2D eigenvalue weighted by Gasteiger charge is 2.37. The van der Waals surface area contributed by atoms with Gasteiger partial charge in [-0.05, 0) is 12.8 Å². The maximum atomic E-state index is 12.1. The largest absolute Gasteiger partial charge is 0.395 e. The molecule has 0 unspecified atom stereocenters. The standard InChI is InChI=1S/C11H20N2O3/c1-3-11(4-2,9-12)10(16)13(5-7-14)6-8-15/h14-15H,3-8H2,1-2H3. The Kier molecular flexibility index (Phi) is 6.70. The number of hydrogen-bond donors (Lipinski definition) is 2. The highest BCUT2D eigenvalue weighted by Crippen LogP contribution is 2.27. The van der Waals surface area contributed by atoms with Crippen molar-refractivity contribution >= 4 is 5.91 Å².